The third-order valence-electron chi connectivity index (χ3n) is 0.0833. The molecule has 0 N–H and O–H groups in total. The summed E-state index contributed by atoms with van der Waals surface area (Å²) >= 11 is 0. The van der Waals surface area contributed by atoms with Gasteiger partial charge in [0.1, 0.15) is 7.57 Å². The molecule has 2 radical (unpaired) electrons. The summed E-state index contributed by atoms with van der Waals surface area (Å²) in [6.45, 7) is 0. The molecule has 0 aliphatic rings. The highest BCUT2D eigenvalue weighted by atomic mass is 32.4. The van der Waals surface area contributed by atoms with Crippen molar-refractivity contribution in [3.8, 4) is 0 Å². The predicted molar refractivity (Wildman–Crippen MR) is 32.1 cm³/mol. The maximum absolute atomic E-state index is 5.05. The fraction of sp³-hybridized carbons (Fsp3) is 0. The fourth-order valence-electron chi connectivity index (χ4n) is 0. The van der Waals surface area contributed by atoms with Gasteiger partial charge < -0.3 is 0 Å². The molecule has 22 valence electrons. The standard InChI is InChI=1S/BH4P3/c1-3-4-2/h3-4H,2H2. The van der Waals surface area contributed by atoms with Crippen molar-refractivity contribution < 1.29 is 0 Å². The van der Waals surface area contributed by atoms with Gasteiger partial charge in [0.2, 0.25) is 0 Å². The first-order valence-electron chi connectivity index (χ1n) is 0.827. The van der Waals surface area contributed by atoms with Gasteiger partial charge in [-0.05, 0) is 0 Å². The van der Waals surface area contributed by atoms with Gasteiger partial charge in [-0.15, -0.1) is 17.1 Å². The monoisotopic (exact) mass is 108 g/mol. The largest absolute Gasteiger partial charge is 0.146 e. The molecular formula is H4BP3. The molecule has 0 amide bonds. The summed E-state index contributed by atoms with van der Waals surface area (Å²) in [5, 5.41) is 0. The second-order valence-electron chi connectivity index (χ2n) is 0.289. The van der Waals surface area contributed by atoms with Gasteiger partial charge in [0.15, 0.2) is 0 Å². The Kier molecular flexibility index (Phi) is 5.83. The first-order valence-corrected chi connectivity index (χ1v) is 5.71. The fourth-order valence-corrected chi connectivity index (χ4v) is 0. The van der Waals surface area contributed by atoms with Crippen LogP contribution >= 0.6 is 25.0 Å². The maximum atomic E-state index is 5.05. The van der Waals surface area contributed by atoms with Gasteiger partial charge in [0.05, 0.1) is 0 Å². The van der Waals surface area contributed by atoms with E-state index in [2.05, 4.69) is 8.93 Å². The Bertz CT molecular complexity index is 5.25. The number of hydrogen-bond donors (Lipinski definition) is 0. The van der Waals surface area contributed by atoms with E-state index in [1.165, 1.54) is 0 Å². The average molecular weight is 108 g/mol. The lowest BCUT2D eigenvalue weighted by atomic mass is 10.8. The van der Waals surface area contributed by atoms with E-state index in [4.69, 9.17) is 7.57 Å². The van der Waals surface area contributed by atoms with Crippen LogP contribution in [0.5, 0.6) is 0 Å². The number of hydrogen-bond acceptors (Lipinski definition) is 0. The van der Waals surface area contributed by atoms with Gasteiger partial charge in [-0.25, -0.2) is 0 Å². The van der Waals surface area contributed by atoms with Crippen molar-refractivity contribution in [1.29, 1.82) is 0 Å². The predicted octanol–water partition coefficient (Wildman–Crippen LogP) is 1.13. The molecule has 0 aliphatic heterocycles. The highest BCUT2D eigenvalue weighted by Gasteiger charge is 1.54. The molecule has 0 fully saturated rings. The molecule has 0 heterocycles. The number of rotatable bonds is 1. The van der Waals surface area contributed by atoms with Gasteiger partial charge in [-0.3, -0.25) is 0 Å². The lowest BCUT2D eigenvalue weighted by molar-refractivity contribution is 4.96. The molecule has 0 aliphatic carbocycles. The van der Waals surface area contributed by atoms with Crippen molar-refractivity contribution in [2.24, 2.45) is 0 Å². The topological polar surface area (TPSA) is 0 Å². The Labute approximate surface area is 33.4 Å². The van der Waals surface area contributed by atoms with Crippen molar-refractivity contribution in [2.45, 2.75) is 0 Å². The van der Waals surface area contributed by atoms with Crippen LogP contribution < -0.4 is 0 Å². The van der Waals surface area contributed by atoms with Gasteiger partial charge in [0, 0.05) is 0 Å². The molecule has 0 nitrogen and oxygen atoms in total. The van der Waals surface area contributed by atoms with Crippen LogP contribution in [0.4, 0.5) is 0 Å². The van der Waals surface area contributed by atoms with E-state index in [0.29, 0.717) is 8.15 Å². The van der Waals surface area contributed by atoms with E-state index >= 15 is 0 Å². The van der Waals surface area contributed by atoms with Crippen LogP contribution in [0.25, 0.3) is 0 Å². The summed E-state index contributed by atoms with van der Waals surface area (Å²) < 4.78 is 0. The molecule has 0 bridgehead atoms. The Morgan fingerprint density at radius 1 is 1.75 bits per heavy atom. The molecule has 0 saturated carbocycles. The van der Waals surface area contributed by atoms with Crippen LogP contribution in [0.3, 0.4) is 0 Å². The van der Waals surface area contributed by atoms with Crippen molar-refractivity contribution in [3.63, 3.8) is 0 Å². The van der Waals surface area contributed by atoms with Gasteiger partial charge in [0.25, 0.3) is 0 Å². The Morgan fingerprint density at radius 3 is 2.00 bits per heavy atom. The molecule has 0 aromatic carbocycles. The second kappa shape index (κ2) is 4.35. The third kappa shape index (κ3) is 3.35. The van der Waals surface area contributed by atoms with Crippen LogP contribution in [0.15, 0.2) is 0 Å². The van der Waals surface area contributed by atoms with Crippen molar-refractivity contribution in [2.75, 3.05) is 0 Å². The van der Waals surface area contributed by atoms with Gasteiger partial charge in [-0.1, -0.05) is 7.96 Å². The van der Waals surface area contributed by atoms with E-state index < -0.39 is 0 Å². The lowest BCUT2D eigenvalue weighted by Gasteiger charge is -1.71. The van der Waals surface area contributed by atoms with E-state index in [-0.39, 0.29) is 0 Å². The molecule has 0 saturated heterocycles. The van der Waals surface area contributed by atoms with Crippen molar-refractivity contribution >= 4 is 32.6 Å². The molecule has 0 aromatic rings. The summed E-state index contributed by atoms with van der Waals surface area (Å²) in [5.41, 5.74) is 0. The Hall–Kier alpha value is 1.35. The van der Waals surface area contributed by atoms with Crippen molar-refractivity contribution in [3.05, 3.63) is 0 Å². The highest BCUT2D eigenvalue weighted by Crippen LogP contribution is 2.38. The normalized spacial score (nSPS) is 13.2. The molecule has 0 rings (SSSR count). The minimum atomic E-state index is 0.631. The first kappa shape index (κ1) is 5.35. The van der Waals surface area contributed by atoms with Crippen molar-refractivity contribution in [1.82, 2.24) is 0 Å². The maximum Gasteiger partial charge on any atom is 0.110 e. The zero-order valence-corrected chi connectivity index (χ0v) is 5.31. The van der Waals surface area contributed by atoms with E-state index in [9.17, 15) is 0 Å². The quantitative estimate of drug-likeness (QED) is 0.348. The highest BCUT2D eigenvalue weighted by molar-refractivity contribution is 8.44. The summed E-state index contributed by atoms with van der Waals surface area (Å²) in [7, 11) is 9.11. The smallest absolute Gasteiger partial charge is 0.110 e. The Balaban J connectivity index is 1.97. The third-order valence-corrected chi connectivity index (χ3v) is 2.25. The minimum Gasteiger partial charge on any atom is -0.146 e. The lowest BCUT2D eigenvalue weighted by Crippen LogP contribution is -1.13. The van der Waals surface area contributed by atoms with Crippen LogP contribution in [-0.2, 0) is 0 Å². The summed E-state index contributed by atoms with van der Waals surface area (Å²) in [6, 6.07) is 0. The Morgan fingerprint density at radius 2 is 2.00 bits per heavy atom. The molecular weight excluding hydrogens is 104 g/mol. The van der Waals surface area contributed by atoms with E-state index in [1.807, 2.05) is 0 Å². The van der Waals surface area contributed by atoms with Gasteiger partial charge in [-0.2, -0.15) is 0 Å². The van der Waals surface area contributed by atoms with Crippen LogP contribution in [0, 0.1) is 0 Å². The molecule has 0 spiro atoms. The van der Waals surface area contributed by atoms with E-state index in [0.717, 1.165) is 7.96 Å². The summed E-state index contributed by atoms with van der Waals surface area (Å²) in [6.07, 6.45) is 0. The average Bonchev–Trinajstić information content (AvgIpc) is 1.37. The van der Waals surface area contributed by atoms with Crippen LogP contribution in [-0.4, -0.2) is 7.57 Å². The zero-order valence-electron chi connectivity index (χ0n) is 2.15. The SMILES string of the molecule is [B]PPP. The molecule has 4 heavy (non-hydrogen) atoms. The molecule has 3 unspecified atom stereocenters. The molecule has 4 heteroatoms. The van der Waals surface area contributed by atoms with Gasteiger partial charge >= 0.3 is 0 Å². The molecule has 0 aromatic heterocycles. The second-order valence-corrected chi connectivity index (χ2v) is 5.20. The summed E-state index contributed by atoms with van der Waals surface area (Å²) in [5.74, 6) is 0. The van der Waals surface area contributed by atoms with Crippen LogP contribution in [0.1, 0.15) is 0 Å². The van der Waals surface area contributed by atoms with E-state index in [1.54, 1.807) is 0 Å². The molecule has 3 atom stereocenters. The first-order chi connectivity index (χ1) is 1.91. The van der Waals surface area contributed by atoms with Crippen LogP contribution in [0.2, 0.25) is 0 Å². The minimum absolute atomic E-state index is 0.631. The zero-order chi connectivity index (χ0) is 3.41. The summed E-state index contributed by atoms with van der Waals surface area (Å²) in [4.78, 5) is 0.